The topological polar surface area (TPSA) is 296 Å². The van der Waals surface area contributed by atoms with Gasteiger partial charge in [-0.1, -0.05) is 111 Å². The predicted octanol–water partition coefficient (Wildman–Crippen LogP) is 14.3. The van der Waals surface area contributed by atoms with Crippen LogP contribution in [-0.2, 0) is 63.6 Å². The number of nitrogens with zero attached hydrogens (tertiary/aromatic N) is 4. The van der Waals surface area contributed by atoms with Gasteiger partial charge in [-0.2, -0.15) is 0 Å². The lowest BCUT2D eigenvalue weighted by Gasteiger charge is -2.47. The molecule has 0 saturated carbocycles. The van der Waals surface area contributed by atoms with E-state index in [2.05, 4.69) is 0 Å². The number of hydrogen-bond acceptors (Lipinski definition) is 24. The van der Waals surface area contributed by atoms with Gasteiger partial charge in [0.05, 0.1) is 70.4 Å². The van der Waals surface area contributed by atoms with Crippen LogP contribution in [0, 0.1) is 70.9 Å². The molecule has 8 N–H and O–H groups in total. The van der Waals surface area contributed by atoms with Crippen LogP contribution in [0.5, 0.6) is 46.0 Å². The molecule has 0 aliphatic carbocycles. The highest BCUT2D eigenvalue weighted by atomic mass is 16.6. The number of benzene rings is 4. The highest BCUT2D eigenvalue weighted by molar-refractivity contribution is 5.77. The Morgan fingerprint density at radius 1 is 0.350 bits per heavy atom. The number of piperidine rings is 4. The molecule has 0 amide bonds. The Balaban J connectivity index is 0.000000243. The van der Waals surface area contributed by atoms with Gasteiger partial charge in [0.15, 0.2) is 46.0 Å². The molecule has 4 fully saturated rings. The standard InChI is InChI=1S/4C24H38N2O4/c4*1-14(2)9-17-13-26-8-7-16-10-21(28-5)22(29-6)11-18(16)19(26)12-20(17)30-24(27)23(25)15(3)4/h4*10-11,14-15,17,19-20,23H,7-9,12-13,25H2,1-6H3/t4*17?,19?,20?,23-/m0000/s1/i5D3,7D2,8D2,12D2,13D2,17D,20D;5D3,7D2,8D2,12D2,13D2,17D,19D;2*7D2,8D2,12D2,13D2,17D,19D. The summed E-state index contributed by atoms with van der Waals surface area (Å²) < 4.78 is 473. The molecule has 4 aromatic carbocycles. The van der Waals surface area contributed by atoms with Crippen molar-refractivity contribution in [1.82, 2.24) is 19.6 Å². The fraction of sp³-hybridized carbons (Fsp3) is 0.708. The Hall–Kier alpha value is -7.16. The maximum atomic E-state index is 13.2. The van der Waals surface area contributed by atoms with E-state index in [1.807, 2.05) is 0 Å². The zero-order valence-electron chi connectivity index (χ0n) is 118. The van der Waals surface area contributed by atoms with Crippen LogP contribution >= 0.6 is 0 Å². The molecule has 0 radical (unpaired) electrons. The highest BCUT2D eigenvalue weighted by Gasteiger charge is 2.47. The number of fused-ring (bicyclic) bond motifs is 12. The number of methoxy groups -OCH3 is 8. The fourth-order valence-electron chi connectivity index (χ4n) is 12.9. The van der Waals surface area contributed by atoms with Crippen molar-refractivity contribution in [3.8, 4) is 46.0 Å². The van der Waals surface area contributed by atoms with Crippen molar-refractivity contribution in [2.24, 2.45) is 93.9 Å². The fourth-order valence-corrected chi connectivity index (χ4v) is 12.9. The average molecular weight is 1720 g/mol. The lowest BCUT2D eigenvalue weighted by Crippen LogP contribution is -2.51. The summed E-state index contributed by atoms with van der Waals surface area (Å²) in [5, 5.41) is 0. The summed E-state index contributed by atoms with van der Waals surface area (Å²) >= 11 is 0. The Morgan fingerprint density at radius 3 is 0.867 bits per heavy atom. The summed E-state index contributed by atoms with van der Waals surface area (Å²) in [5.74, 6) is -21.7. The molecule has 120 heavy (non-hydrogen) atoms. The van der Waals surface area contributed by atoms with Crippen molar-refractivity contribution in [1.29, 1.82) is 0 Å². The highest BCUT2D eigenvalue weighted by Crippen LogP contribution is 2.50. The molecular formula is C96H152N8O16. The molecule has 0 spiro atoms. The van der Waals surface area contributed by atoms with E-state index in [1.54, 1.807) is 111 Å². The van der Waals surface area contributed by atoms with Crippen LogP contribution in [0.1, 0.15) is 294 Å². The van der Waals surface area contributed by atoms with Crippen molar-refractivity contribution in [3.63, 3.8) is 0 Å². The maximum Gasteiger partial charge on any atom is 0.323 e. The number of hydrogen-bond donors (Lipinski definition) is 4. The van der Waals surface area contributed by atoms with Crippen LogP contribution in [-0.4, -0.2) is 201 Å². The molecule has 12 rings (SSSR count). The van der Waals surface area contributed by atoms with Gasteiger partial charge in [0, 0.05) is 174 Å². The van der Waals surface area contributed by atoms with E-state index in [1.165, 1.54) is 28.4 Å². The summed E-state index contributed by atoms with van der Waals surface area (Å²) in [6, 6.07) is -8.81. The summed E-state index contributed by atoms with van der Waals surface area (Å²) in [6.45, 7) is -1.17. The molecule has 0 aromatic heterocycles. The van der Waals surface area contributed by atoms with Gasteiger partial charge in [0.2, 0.25) is 0 Å². The van der Waals surface area contributed by atoms with E-state index in [4.69, 9.17) is 121 Å². The molecule has 672 valence electrons. The Bertz CT molecular complexity index is 6130. The van der Waals surface area contributed by atoms with Gasteiger partial charge in [0.25, 0.3) is 0 Å². The average Bonchev–Trinajstić information content (AvgIpc) is 0.655. The van der Waals surface area contributed by atoms with Crippen LogP contribution in [0.3, 0.4) is 0 Å². The summed E-state index contributed by atoms with van der Waals surface area (Å²) in [5.41, 5.74) is 19.6. The third kappa shape index (κ3) is 23.8. The second-order valence-electron chi connectivity index (χ2n) is 32.4. The maximum absolute atomic E-state index is 13.2. The van der Waals surface area contributed by atoms with Crippen LogP contribution < -0.4 is 60.8 Å². The van der Waals surface area contributed by atoms with Crippen LogP contribution in [0.15, 0.2) is 48.5 Å². The van der Waals surface area contributed by atoms with E-state index in [-0.39, 0.29) is 48.3 Å². The largest absolute Gasteiger partial charge is 0.493 e. The lowest BCUT2D eigenvalue weighted by atomic mass is 9.79. The van der Waals surface area contributed by atoms with Gasteiger partial charge in [-0.15, -0.1) is 0 Å². The van der Waals surface area contributed by atoms with Crippen molar-refractivity contribution < 1.29 is 139 Å². The SMILES string of the molecule is [2H]C([2H])([2H])Oc1cc2c(cc1OC)C1([2H])N(C([2H])([2H])C2([2H])[2H])C([2H])([2H])C([2H])(CC(C)C)C(OC(=O)[C@@H](N)C(C)C)C1([2H])[2H].[2H]C([2H])([2H])Oc1cc2c(cc1OC)C1N(C([2H])([2H])C2([2H])[2H])C([2H])([2H])C([2H])(CC(C)C)C([2H])(OC(=O)[C@@H](N)C(C)C)C1([2H])[2H].[2H]C1([2H])c2cc(OC)c(OC)cc2C2([2H])N(C1([2H])[2H])C([2H])([2H])C([2H])(CC(C)C)C(OC(=O)[C@@H](N)C(C)C)C2([2H])[2H].[2H]C1([2H])c2cc(OC)c(OC)cc2C2([2H])N(C1([2H])[2H])C([2H])([2H])C([2H])(CC(C)C)C(OC(=O)[C@@H](N)C(C)C)C2([2H])[2H]. The number of rotatable bonds is 28. The number of carbonyl (C=O) groups excluding carboxylic acids is 4. The van der Waals surface area contributed by atoms with Crippen molar-refractivity contribution in [3.05, 3.63) is 93.0 Å². The van der Waals surface area contributed by atoms with Gasteiger partial charge in [-0.3, -0.25) is 38.8 Å². The Kier molecular flexibility index (Phi) is 18.6. The first-order chi connectivity index (χ1) is 74.3. The number of ether oxygens (including phenoxy) is 12. The van der Waals surface area contributed by atoms with Gasteiger partial charge in [-0.05, 0) is 192 Å². The van der Waals surface area contributed by atoms with Gasteiger partial charge < -0.3 is 79.8 Å². The van der Waals surface area contributed by atoms with Crippen molar-refractivity contribution in [2.75, 3.05) is 109 Å². The second kappa shape index (κ2) is 43.9. The smallest absolute Gasteiger partial charge is 0.323 e. The number of esters is 4. The van der Waals surface area contributed by atoms with E-state index in [0.29, 0.717) is 0 Å². The van der Waals surface area contributed by atoms with E-state index < -0.39 is 372 Å². The minimum absolute atomic E-state index is 0.0158. The number of nitrogens with two attached hydrogens (primary N) is 4. The number of aryl methyl sites for hydroxylation is 4. The minimum Gasteiger partial charge on any atom is -0.493 e. The van der Waals surface area contributed by atoms with E-state index in [9.17, 15) is 41.1 Å². The van der Waals surface area contributed by atoms with E-state index >= 15 is 0 Å². The van der Waals surface area contributed by atoms with E-state index in [0.717, 1.165) is 62.8 Å². The molecule has 24 nitrogen and oxygen atoms in total. The summed E-state index contributed by atoms with van der Waals surface area (Å²) in [4.78, 5) is 53.1. The Labute approximate surface area is 783 Å². The monoisotopic (exact) mass is 1720 g/mol. The molecule has 8 heterocycles. The van der Waals surface area contributed by atoms with Crippen LogP contribution in [0.25, 0.3) is 0 Å². The quantitative estimate of drug-likeness (QED) is 0.0303. The third-order valence-electron chi connectivity index (χ3n) is 19.8. The zero-order valence-corrected chi connectivity index (χ0v) is 72.3. The van der Waals surface area contributed by atoms with Crippen LogP contribution in [0.2, 0.25) is 0 Å². The third-order valence-corrected chi connectivity index (χ3v) is 19.8. The first-order valence-electron chi connectivity index (χ1n) is 62.8. The van der Waals surface area contributed by atoms with Gasteiger partial charge >= 0.3 is 23.9 Å². The first kappa shape index (κ1) is 50.7. The normalized spacial score (nSPS) is 42.4. The van der Waals surface area contributed by atoms with Crippen LogP contribution in [0.4, 0.5) is 0 Å². The molecule has 4 saturated heterocycles. The minimum atomic E-state index is -3.53. The molecule has 24 heteroatoms. The molecule has 0 bridgehead atoms. The molecule has 4 aromatic rings. The molecule has 16 atom stereocenters. The molecule has 12 unspecified atom stereocenters. The summed E-state index contributed by atoms with van der Waals surface area (Å²) in [7, 11) is 1.20. The summed E-state index contributed by atoms with van der Waals surface area (Å²) in [6.07, 6.45) is -37.5. The zero-order chi connectivity index (χ0) is 129. The van der Waals surface area contributed by atoms with Crippen molar-refractivity contribution >= 4 is 23.9 Å². The number of carbonyl (C=O) groups is 4. The molecule has 8 aliphatic rings. The Morgan fingerprint density at radius 2 is 0.592 bits per heavy atom. The van der Waals surface area contributed by atoms with Crippen molar-refractivity contribution in [2.45, 2.75) is 260 Å². The molecule has 8 aliphatic heterocycles. The second-order valence-corrected chi connectivity index (χ2v) is 32.4. The first-order valence-corrected chi connectivity index (χ1v) is 39.8. The predicted molar refractivity (Wildman–Crippen MR) is 471 cm³/mol. The van der Waals surface area contributed by atoms with Gasteiger partial charge in [-0.25, -0.2) is 0 Å². The molecular weight excluding hydrogens is 1520 g/mol. The lowest BCUT2D eigenvalue weighted by molar-refractivity contribution is -0.161. The van der Waals surface area contributed by atoms with Gasteiger partial charge in [0.1, 0.15) is 48.6 Å².